The second-order valence-electron chi connectivity index (χ2n) is 6.88. The van der Waals surface area contributed by atoms with Crippen molar-refractivity contribution in [1.29, 1.82) is 0 Å². The van der Waals surface area contributed by atoms with E-state index in [-0.39, 0.29) is 0 Å². The first-order valence-electron chi connectivity index (χ1n) is 8.35. The molecule has 3 unspecified atom stereocenters. The lowest BCUT2D eigenvalue weighted by molar-refractivity contribution is -0.155. The van der Waals surface area contributed by atoms with E-state index in [2.05, 4.69) is 5.32 Å². The van der Waals surface area contributed by atoms with Gasteiger partial charge in [-0.1, -0.05) is 30.3 Å². The number of ether oxygens (including phenoxy) is 3. The maximum atomic E-state index is 12.4. The molecule has 0 aromatic heterocycles. The summed E-state index contributed by atoms with van der Waals surface area (Å²) in [5.74, 6) is -0.948. The van der Waals surface area contributed by atoms with Gasteiger partial charge in [-0.05, 0) is 40.2 Å². The van der Waals surface area contributed by atoms with Gasteiger partial charge >= 0.3 is 5.97 Å². The van der Waals surface area contributed by atoms with Gasteiger partial charge in [-0.3, -0.25) is 4.79 Å². The highest BCUT2D eigenvalue weighted by molar-refractivity contribution is 5.87. The van der Waals surface area contributed by atoms with Gasteiger partial charge in [-0.15, -0.1) is 0 Å². The Morgan fingerprint density at radius 2 is 1.72 bits per heavy atom. The molecule has 0 aliphatic carbocycles. The summed E-state index contributed by atoms with van der Waals surface area (Å²) in [5, 5.41) is 2.66. The minimum atomic E-state index is -0.903. The third-order valence-corrected chi connectivity index (χ3v) is 3.47. The molecule has 3 atom stereocenters. The van der Waals surface area contributed by atoms with Crippen LogP contribution in [0.15, 0.2) is 30.3 Å². The van der Waals surface area contributed by atoms with Crippen molar-refractivity contribution in [2.45, 2.75) is 65.1 Å². The molecule has 1 N–H and O–H groups in total. The van der Waals surface area contributed by atoms with E-state index in [0.29, 0.717) is 6.61 Å². The van der Waals surface area contributed by atoms with Crippen LogP contribution in [0.2, 0.25) is 0 Å². The van der Waals surface area contributed by atoms with Crippen LogP contribution in [0.5, 0.6) is 0 Å². The van der Waals surface area contributed by atoms with Crippen LogP contribution in [0, 0.1) is 0 Å². The average molecular weight is 351 g/mol. The van der Waals surface area contributed by atoms with Gasteiger partial charge < -0.3 is 19.5 Å². The van der Waals surface area contributed by atoms with E-state index in [9.17, 15) is 9.59 Å². The van der Waals surface area contributed by atoms with Gasteiger partial charge in [0, 0.05) is 0 Å². The zero-order chi connectivity index (χ0) is 19.0. The molecule has 0 aliphatic rings. The molecule has 0 aliphatic heterocycles. The molecule has 0 spiro atoms. The van der Waals surface area contributed by atoms with E-state index in [1.165, 1.54) is 7.11 Å². The molecule has 1 aromatic rings. The fraction of sp³-hybridized carbons (Fsp3) is 0.579. The fourth-order valence-electron chi connectivity index (χ4n) is 2.26. The number of rotatable bonds is 8. The summed E-state index contributed by atoms with van der Waals surface area (Å²) >= 11 is 0. The van der Waals surface area contributed by atoms with Crippen LogP contribution < -0.4 is 5.32 Å². The summed E-state index contributed by atoms with van der Waals surface area (Å²) in [6, 6.07) is 8.66. The number of carbonyl (C=O) groups is 2. The second kappa shape index (κ2) is 9.53. The van der Waals surface area contributed by atoms with Crippen molar-refractivity contribution in [1.82, 2.24) is 5.32 Å². The molecule has 0 saturated heterocycles. The van der Waals surface area contributed by atoms with Crippen LogP contribution >= 0.6 is 0 Å². The predicted molar refractivity (Wildman–Crippen MR) is 94.9 cm³/mol. The molecule has 6 heteroatoms. The van der Waals surface area contributed by atoms with E-state index < -0.39 is 35.7 Å². The molecule has 1 amide bonds. The highest BCUT2D eigenvalue weighted by Gasteiger charge is 2.32. The van der Waals surface area contributed by atoms with Crippen molar-refractivity contribution >= 4 is 11.9 Å². The maximum absolute atomic E-state index is 12.4. The van der Waals surface area contributed by atoms with Crippen LogP contribution in [0.3, 0.4) is 0 Å². The largest absolute Gasteiger partial charge is 0.467 e. The number of esters is 1. The zero-order valence-electron chi connectivity index (χ0n) is 15.9. The second-order valence-corrected chi connectivity index (χ2v) is 6.88. The summed E-state index contributed by atoms with van der Waals surface area (Å²) in [6.07, 6.45) is -1.26. The minimum Gasteiger partial charge on any atom is -0.467 e. The van der Waals surface area contributed by atoms with Crippen LogP contribution in [0.1, 0.15) is 40.2 Å². The van der Waals surface area contributed by atoms with Gasteiger partial charge in [0.15, 0.2) is 6.04 Å². The van der Waals surface area contributed by atoms with Crippen LogP contribution in [-0.4, -0.2) is 42.8 Å². The van der Waals surface area contributed by atoms with Crippen molar-refractivity contribution in [2.75, 3.05) is 7.11 Å². The predicted octanol–water partition coefficient (Wildman–Crippen LogP) is 2.45. The van der Waals surface area contributed by atoms with Crippen molar-refractivity contribution in [3.63, 3.8) is 0 Å². The van der Waals surface area contributed by atoms with Gasteiger partial charge in [-0.2, -0.15) is 0 Å². The van der Waals surface area contributed by atoms with E-state index in [1.54, 1.807) is 13.8 Å². The first kappa shape index (κ1) is 21.1. The Morgan fingerprint density at radius 1 is 1.12 bits per heavy atom. The first-order chi connectivity index (χ1) is 11.6. The van der Waals surface area contributed by atoms with E-state index in [4.69, 9.17) is 14.2 Å². The molecule has 1 aromatic carbocycles. The molecule has 0 saturated carbocycles. The standard InChI is InChI=1S/C19H29NO5/c1-13(25-19(3,4)5)16(18(22)23-6)20-17(21)14(2)24-12-15-10-8-7-9-11-15/h7-11,13-14,16H,12H2,1-6H3,(H,20,21). The highest BCUT2D eigenvalue weighted by atomic mass is 16.5. The Hall–Kier alpha value is -1.92. The Morgan fingerprint density at radius 3 is 2.24 bits per heavy atom. The Balaban J connectivity index is 2.65. The van der Waals surface area contributed by atoms with Crippen molar-refractivity contribution in [2.24, 2.45) is 0 Å². The highest BCUT2D eigenvalue weighted by Crippen LogP contribution is 2.14. The first-order valence-corrected chi connectivity index (χ1v) is 8.35. The van der Waals surface area contributed by atoms with Crippen LogP contribution in [-0.2, 0) is 30.4 Å². The maximum Gasteiger partial charge on any atom is 0.331 e. The molecule has 140 valence electrons. The molecule has 6 nitrogen and oxygen atoms in total. The third-order valence-electron chi connectivity index (χ3n) is 3.47. The minimum absolute atomic E-state index is 0.312. The van der Waals surface area contributed by atoms with E-state index in [1.807, 2.05) is 51.1 Å². The van der Waals surface area contributed by atoms with Gasteiger partial charge in [0.05, 0.1) is 25.4 Å². The van der Waals surface area contributed by atoms with Gasteiger partial charge in [0.2, 0.25) is 5.91 Å². The van der Waals surface area contributed by atoms with E-state index in [0.717, 1.165) is 5.56 Å². The molecule has 1 rings (SSSR count). The summed E-state index contributed by atoms with van der Waals surface area (Å²) in [6.45, 7) is 9.32. The van der Waals surface area contributed by atoms with Gasteiger partial charge in [-0.25, -0.2) is 4.79 Å². The molecule has 0 heterocycles. The number of methoxy groups -OCH3 is 1. The van der Waals surface area contributed by atoms with Crippen molar-refractivity contribution in [3.05, 3.63) is 35.9 Å². The lowest BCUT2D eigenvalue weighted by Gasteiger charge is -2.30. The molecule has 0 radical (unpaired) electrons. The number of hydrogen-bond acceptors (Lipinski definition) is 5. The summed E-state index contributed by atoms with van der Waals surface area (Å²) < 4.78 is 16.1. The quantitative estimate of drug-likeness (QED) is 0.728. The number of hydrogen-bond donors (Lipinski definition) is 1. The molecule has 25 heavy (non-hydrogen) atoms. The topological polar surface area (TPSA) is 73.9 Å². The monoisotopic (exact) mass is 351 g/mol. The number of nitrogens with one attached hydrogen (secondary N) is 1. The summed E-state index contributed by atoms with van der Waals surface area (Å²) in [4.78, 5) is 24.4. The Bertz CT molecular complexity index is 553. The van der Waals surface area contributed by atoms with E-state index >= 15 is 0 Å². The van der Waals surface area contributed by atoms with Gasteiger partial charge in [0.25, 0.3) is 0 Å². The zero-order valence-corrected chi connectivity index (χ0v) is 15.9. The molecule has 0 bridgehead atoms. The normalized spacial score (nSPS) is 15.1. The average Bonchev–Trinajstić information content (AvgIpc) is 2.55. The Labute approximate surface area is 149 Å². The summed E-state index contributed by atoms with van der Waals surface area (Å²) in [5.41, 5.74) is 0.516. The molecular weight excluding hydrogens is 322 g/mol. The molecule has 0 fully saturated rings. The number of carbonyl (C=O) groups excluding carboxylic acids is 2. The number of benzene rings is 1. The molecular formula is C19H29NO5. The number of amides is 1. The SMILES string of the molecule is COC(=O)C(NC(=O)C(C)OCc1ccccc1)C(C)OC(C)(C)C. The van der Waals surface area contributed by atoms with Gasteiger partial charge in [0.1, 0.15) is 6.10 Å². The lowest BCUT2D eigenvalue weighted by atomic mass is 10.1. The van der Waals surface area contributed by atoms with Crippen LogP contribution in [0.25, 0.3) is 0 Å². The Kier molecular flexibility index (Phi) is 8.06. The van der Waals surface area contributed by atoms with Crippen molar-refractivity contribution < 1.29 is 23.8 Å². The van der Waals surface area contributed by atoms with Crippen LogP contribution in [0.4, 0.5) is 0 Å². The lowest BCUT2D eigenvalue weighted by Crippen LogP contribution is -2.53. The third kappa shape index (κ3) is 7.67. The van der Waals surface area contributed by atoms with Crippen molar-refractivity contribution in [3.8, 4) is 0 Å². The summed E-state index contributed by atoms with van der Waals surface area (Å²) in [7, 11) is 1.28. The smallest absolute Gasteiger partial charge is 0.331 e. The fourth-order valence-corrected chi connectivity index (χ4v) is 2.26.